The van der Waals surface area contributed by atoms with Crippen molar-refractivity contribution in [2.75, 3.05) is 16.4 Å². The summed E-state index contributed by atoms with van der Waals surface area (Å²) in [7, 11) is 0. The van der Waals surface area contributed by atoms with Crippen LogP contribution in [-0.4, -0.2) is 29.1 Å². The normalized spacial score (nSPS) is 17.1. The molecule has 2 aliphatic rings. The second kappa shape index (κ2) is 9.15. The van der Waals surface area contributed by atoms with E-state index in [-0.39, 0.29) is 23.3 Å². The lowest BCUT2D eigenvalue weighted by Crippen LogP contribution is -2.55. The van der Waals surface area contributed by atoms with Crippen molar-refractivity contribution in [3.8, 4) is 0 Å². The van der Waals surface area contributed by atoms with Gasteiger partial charge < -0.3 is 9.64 Å². The number of amides is 1. The predicted molar refractivity (Wildman–Crippen MR) is 129 cm³/mol. The smallest absolute Gasteiger partial charge is 0.407 e. The fourth-order valence-electron chi connectivity index (χ4n) is 4.28. The Balaban J connectivity index is 1.68. The molecular weight excluding hydrogens is 479 g/mol. The third-order valence-corrected chi connectivity index (χ3v) is 6.47. The molecule has 35 heavy (non-hydrogen) atoms. The highest BCUT2D eigenvalue weighted by Gasteiger charge is 2.59. The highest BCUT2D eigenvalue weighted by atomic mass is 32.1. The lowest BCUT2D eigenvalue weighted by atomic mass is 9.75. The van der Waals surface area contributed by atoms with Crippen molar-refractivity contribution in [1.82, 2.24) is 0 Å². The summed E-state index contributed by atoms with van der Waals surface area (Å²) in [5, 5.41) is 0.0770. The van der Waals surface area contributed by atoms with Gasteiger partial charge in [-0.2, -0.15) is 13.2 Å². The van der Waals surface area contributed by atoms with Crippen LogP contribution in [0, 0.1) is 6.57 Å². The molecule has 1 aliphatic heterocycles. The minimum Gasteiger partial charge on any atom is -0.463 e. The summed E-state index contributed by atoms with van der Waals surface area (Å²) in [5.41, 5.74) is -1.30. The number of nitrogens with zero attached hydrogens (tertiary/aromatic N) is 3. The minimum atomic E-state index is -4.75. The average molecular weight is 500 g/mol. The van der Waals surface area contributed by atoms with Gasteiger partial charge >= 0.3 is 12.1 Å². The van der Waals surface area contributed by atoms with E-state index in [0.717, 1.165) is 29.0 Å². The van der Waals surface area contributed by atoms with Crippen LogP contribution in [0.5, 0.6) is 0 Å². The summed E-state index contributed by atoms with van der Waals surface area (Å²) in [6.45, 7) is 9.02. The van der Waals surface area contributed by atoms with E-state index in [1.807, 2.05) is 0 Å². The van der Waals surface area contributed by atoms with E-state index < -0.39 is 28.9 Å². The third kappa shape index (κ3) is 4.28. The van der Waals surface area contributed by atoms with Gasteiger partial charge in [-0.05, 0) is 74.3 Å². The summed E-state index contributed by atoms with van der Waals surface area (Å²) in [6, 6.07) is 10.2. The number of alkyl halides is 3. The van der Waals surface area contributed by atoms with Crippen LogP contribution in [0.3, 0.4) is 0 Å². The third-order valence-electron chi connectivity index (χ3n) is 6.11. The average Bonchev–Trinajstić information content (AvgIpc) is 3.04. The van der Waals surface area contributed by atoms with Crippen molar-refractivity contribution < 1.29 is 27.5 Å². The maximum Gasteiger partial charge on any atom is 0.407 e. The molecule has 1 saturated heterocycles. The summed E-state index contributed by atoms with van der Waals surface area (Å²) < 4.78 is 45.5. The van der Waals surface area contributed by atoms with Crippen molar-refractivity contribution in [3.05, 3.63) is 71.1 Å². The van der Waals surface area contributed by atoms with Gasteiger partial charge in [0.05, 0.1) is 18.7 Å². The maximum absolute atomic E-state index is 13.5. The largest absolute Gasteiger partial charge is 0.463 e. The van der Waals surface area contributed by atoms with Crippen LogP contribution in [0.15, 0.2) is 48.5 Å². The van der Waals surface area contributed by atoms with Crippen molar-refractivity contribution in [2.24, 2.45) is 0 Å². The van der Waals surface area contributed by atoms with Crippen LogP contribution < -0.4 is 9.80 Å². The van der Waals surface area contributed by atoms with Crippen LogP contribution in [-0.2, 0) is 20.5 Å². The quantitative estimate of drug-likeness (QED) is 0.222. The first-order valence-corrected chi connectivity index (χ1v) is 11.3. The van der Waals surface area contributed by atoms with E-state index in [1.165, 1.54) is 12.1 Å². The summed E-state index contributed by atoms with van der Waals surface area (Å²) in [6.07, 6.45) is -0.0377. The van der Waals surface area contributed by atoms with Crippen LogP contribution in [0.4, 0.5) is 30.2 Å². The zero-order valence-electron chi connectivity index (χ0n) is 18.6. The Morgan fingerprint density at radius 3 is 2.40 bits per heavy atom. The molecule has 1 heterocycles. The number of anilines is 2. The molecule has 1 spiro atoms. The molecule has 2 aromatic rings. The monoisotopic (exact) mass is 499 g/mol. The van der Waals surface area contributed by atoms with Gasteiger partial charge in [0.2, 0.25) is 0 Å². The fraction of sp³-hybridized carbons (Fsp3) is 0.280. The molecule has 0 N–H and O–H groups in total. The first-order chi connectivity index (χ1) is 16.6. The number of benzene rings is 2. The van der Waals surface area contributed by atoms with Crippen LogP contribution in [0.25, 0.3) is 10.9 Å². The maximum atomic E-state index is 13.5. The van der Waals surface area contributed by atoms with Crippen LogP contribution in [0.2, 0.25) is 0 Å². The molecule has 1 amide bonds. The first kappa shape index (κ1) is 24.4. The van der Waals surface area contributed by atoms with Crippen LogP contribution >= 0.6 is 12.2 Å². The van der Waals surface area contributed by atoms with Crippen molar-refractivity contribution in [1.29, 1.82) is 0 Å². The Bertz CT molecular complexity index is 1260. The molecule has 10 heteroatoms. The second-order valence-electron chi connectivity index (χ2n) is 8.13. The molecule has 2 fully saturated rings. The highest BCUT2D eigenvalue weighted by molar-refractivity contribution is 7.81. The van der Waals surface area contributed by atoms with Gasteiger partial charge in [0.1, 0.15) is 5.54 Å². The van der Waals surface area contributed by atoms with Crippen LogP contribution in [0.1, 0.15) is 37.3 Å². The topological polar surface area (TPSA) is 54.2 Å². The summed E-state index contributed by atoms with van der Waals surface area (Å²) >= 11 is 5.61. The molecule has 0 aromatic heterocycles. The van der Waals surface area contributed by atoms with E-state index in [4.69, 9.17) is 23.5 Å². The number of halogens is 3. The van der Waals surface area contributed by atoms with Gasteiger partial charge in [0.15, 0.2) is 10.8 Å². The number of carbonyl (C=O) groups is 2. The number of rotatable bonds is 5. The number of hydrogen-bond donors (Lipinski definition) is 0. The standard InChI is InChI=1S/C25H20F3N3O3S/c1-3-34-21(32)12-7-16-5-8-17(9-6-16)31-23(35)30(22(33)24(31)13-4-14-24)18-10-11-20(29-2)19(15-18)25(26,27)28/h5-12,15H,3-4,13-14H2,1H3/b12-7+. The molecule has 1 saturated carbocycles. The number of esters is 1. The first-order valence-electron chi connectivity index (χ1n) is 10.8. The second-order valence-corrected chi connectivity index (χ2v) is 8.50. The van der Waals surface area contributed by atoms with Gasteiger partial charge in [-0.15, -0.1) is 0 Å². The zero-order chi connectivity index (χ0) is 25.4. The highest BCUT2D eigenvalue weighted by Crippen LogP contribution is 2.48. The Kier molecular flexibility index (Phi) is 6.38. The predicted octanol–water partition coefficient (Wildman–Crippen LogP) is 5.89. The Morgan fingerprint density at radius 2 is 1.86 bits per heavy atom. The van der Waals surface area contributed by atoms with Crippen molar-refractivity contribution in [3.63, 3.8) is 0 Å². The molecule has 6 nitrogen and oxygen atoms in total. The van der Waals surface area contributed by atoms with Gasteiger partial charge in [-0.25, -0.2) is 9.64 Å². The lowest BCUT2D eigenvalue weighted by Gasteiger charge is -2.43. The molecule has 0 atom stereocenters. The van der Waals surface area contributed by atoms with Gasteiger partial charge in [0, 0.05) is 17.5 Å². The SMILES string of the molecule is [C-]#[N+]c1ccc(N2C(=O)C3(CCC3)N(c3ccc(/C=C/C(=O)OCC)cc3)C2=S)cc1C(F)(F)F. The Hall–Kier alpha value is -3.71. The molecular formula is C25H20F3N3O3S. The number of thiocarbonyl (C=S) groups is 1. The lowest BCUT2D eigenvalue weighted by molar-refractivity contribution is -0.137. The Morgan fingerprint density at radius 1 is 1.20 bits per heavy atom. The van der Waals surface area contributed by atoms with Gasteiger partial charge in [-0.3, -0.25) is 9.69 Å². The molecule has 2 aromatic carbocycles. The molecule has 4 rings (SSSR count). The summed E-state index contributed by atoms with van der Waals surface area (Å²) in [5.74, 6) is -0.849. The molecule has 0 bridgehead atoms. The number of ether oxygens (including phenoxy) is 1. The van der Waals surface area contributed by atoms with E-state index in [9.17, 15) is 22.8 Å². The number of hydrogen-bond acceptors (Lipinski definition) is 4. The van der Waals surface area contributed by atoms with Gasteiger partial charge in [0.25, 0.3) is 5.91 Å². The molecule has 1 aliphatic carbocycles. The fourth-order valence-corrected chi connectivity index (χ4v) is 4.75. The molecule has 0 unspecified atom stereocenters. The van der Waals surface area contributed by atoms with E-state index in [2.05, 4.69) is 4.85 Å². The van der Waals surface area contributed by atoms with Crippen molar-refractivity contribution in [2.45, 2.75) is 37.9 Å². The Labute approximate surface area is 205 Å². The molecule has 0 radical (unpaired) electrons. The van der Waals surface area contributed by atoms with Crippen molar-refractivity contribution >= 4 is 52.3 Å². The van der Waals surface area contributed by atoms with Gasteiger partial charge in [-0.1, -0.05) is 18.2 Å². The number of carbonyl (C=O) groups excluding carboxylic acids is 2. The summed E-state index contributed by atoms with van der Waals surface area (Å²) in [4.78, 5) is 30.8. The van der Waals surface area contributed by atoms with E-state index in [0.29, 0.717) is 18.5 Å². The minimum absolute atomic E-state index is 0.0255. The van der Waals surface area contributed by atoms with E-state index >= 15 is 0 Å². The van der Waals surface area contributed by atoms with E-state index in [1.54, 1.807) is 42.2 Å². The molecule has 180 valence electrons. The zero-order valence-corrected chi connectivity index (χ0v) is 19.4.